The predicted octanol–water partition coefficient (Wildman–Crippen LogP) is 0.708. The van der Waals surface area contributed by atoms with E-state index in [-0.39, 0.29) is 25.2 Å². The second-order valence-electron chi connectivity index (χ2n) is 6.20. The number of aliphatic hydroxyl groups excluding tert-OH is 2. The summed E-state index contributed by atoms with van der Waals surface area (Å²) in [5, 5.41) is 21.4. The number of aliphatic hydroxyl groups is 2. The van der Waals surface area contributed by atoms with Crippen LogP contribution in [0.3, 0.4) is 0 Å². The molecule has 1 aliphatic rings. The number of hydrogen-bond donors (Lipinski definition) is 3. The van der Waals surface area contributed by atoms with Crippen molar-refractivity contribution in [2.75, 3.05) is 32.8 Å². The highest BCUT2D eigenvalue weighted by Gasteiger charge is 2.27. The summed E-state index contributed by atoms with van der Waals surface area (Å²) in [7, 11) is 0. The summed E-state index contributed by atoms with van der Waals surface area (Å²) in [6, 6.07) is 5.65. The van der Waals surface area contributed by atoms with E-state index in [0.29, 0.717) is 12.5 Å². The van der Waals surface area contributed by atoms with Crippen LogP contribution in [-0.4, -0.2) is 59.9 Å². The molecule has 0 radical (unpaired) electrons. The minimum absolute atomic E-state index is 0.0296. The van der Waals surface area contributed by atoms with Crippen LogP contribution < -0.4 is 5.32 Å². The van der Waals surface area contributed by atoms with Crippen molar-refractivity contribution in [3.8, 4) is 0 Å². The molecule has 5 heteroatoms. The van der Waals surface area contributed by atoms with Crippen LogP contribution in [0.4, 0.5) is 0 Å². The average Bonchev–Trinajstić information content (AvgIpc) is 2.95. The molecule has 1 aromatic carbocycles. The summed E-state index contributed by atoms with van der Waals surface area (Å²) >= 11 is 0. The fourth-order valence-corrected chi connectivity index (χ4v) is 3.05. The number of hydrogen-bond acceptors (Lipinski definition) is 4. The number of rotatable bonds is 6. The van der Waals surface area contributed by atoms with Crippen LogP contribution in [0.25, 0.3) is 0 Å². The number of benzene rings is 1. The summed E-state index contributed by atoms with van der Waals surface area (Å²) in [6.07, 6.45) is 0.976. The van der Waals surface area contributed by atoms with Gasteiger partial charge in [-0.15, -0.1) is 0 Å². The summed E-state index contributed by atoms with van der Waals surface area (Å²) < 4.78 is 0. The van der Waals surface area contributed by atoms with Crippen molar-refractivity contribution in [3.63, 3.8) is 0 Å². The number of nitrogens with one attached hydrogen (secondary N) is 1. The van der Waals surface area contributed by atoms with Gasteiger partial charge in [-0.25, -0.2) is 0 Å². The minimum Gasteiger partial charge on any atom is -0.395 e. The number of carbonyl (C=O) groups excluding carboxylic acids is 1. The third kappa shape index (κ3) is 4.06. The van der Waals surface area contributed by atoms with Gasteiger partial charge >= 0.3 is 0 Å². The van der Waals surface area contributed by atoms with Crippen LogP contribution in [0.2, 0.25) is 0 Å². The van der Waals surface area contributed by atoms with E-state index in [1.165, 1.54) is 0 Å². The fraction of sp³-hybridized carbons (Fsp3) is 0.588. The molecule has 0 aliphatic carbocycles. The lowest BCUT2D eigenvalue weighted by Crippen LogP contribution is -2.40. The molecule has 1 atom stereocenters. The van der Waals surface area contributed by atoms with Crippen LogP contribution in [-0.2, 0) is 0 Å². The van der Waals surface area contributed by atoms with Gasteiger partial charge in [-0.05, 0) is 44.4 Å². The molecule has 1 heterocycles. The highest BCUT2D eigenvalue weighted by atomic mass is 16.3. The summed E-state index contributed by atoms with van der Waals surface area (Å²) in [4.78, 5) is 14.3. The molecule has 0 spiro atoms. The van der Waals surface area contributed by atoms with E-state index in [1.54, 1.807) is 0 Å². The van der Waals surface area contributed by atoms with Gasteiger partial charge in [0.05, 0.1) is 19.3 Å². The Kier molecular flexibility index (Phi) is 5.94. The predicted molar refractivity (Wildman–Crippen MR) is 85.9 cm³/mol. The molecule has 1 aromatic rings. The zero-order valence-electron chi connectivity index (χ0n) is 13.4. The Hall–Kier alpha value is -1.43. The molecular formula is C17H26N2O3. The van der Waals surface area contributed by atoms with Gasteiger partial charge in [0.1, 0.15) is 0 Å². The molecule has 3 N–H and O–H groups in total. The Bertz CT molecular complexity index is 515. The Morgan fingerprint density at radius 3 is 2.73 bits per heavy atom. The second-order valence-corrected chi connectivity index (χ2v) is 6.20. The summed E-state index contributed by atoms with van der Waals surface area (Å²) in [5.74, 6) is 0.340. The van der Waals surface area contributed by atoms with E-state index >= 15 is 0 Å². The number of carbonyl (C=O) groups is 1. The van der Waals surface area contributed by atoms with Gasteiger partial charge in [-0.1, -0.05) is 17.7 Å². The van der Waals surface area contributed by atoms with E-state index in [4.69, 9.17) is 0 Å². The maximum Gasteiger partial charge on any atom is 0.251 e. The number of aryl methyl sites for hydroxylation is 2. The van der Waals surface area contributed by atoms with Crippen molar-refractivity contribution >= 4 is 5.91 Å². The quantitative estimate of drug-likeness (QED) is 0.724. The normalized spacial score (nSPS) is 18.9. The molecule has 1 saturated heterocycles. The Morgan fingerprint density at radius 2 is 2.09 bits per heavy atom. The van der Waals surface area contributed by atoms with Gasteiger partial charge in [0.25, 0.3) is 5.91 Å². The molecule has 122 valence electrons. The Balaban J connectivity index is 1.85. The zero-order chi connectivity index (χ0) is 16.1. The lowest BCUT2D eigenvalue weighted by Gasteiger charge is -2.24. The molecule has 0 bridgehead atoms. The first-order valence-electron chi connectivity index (χ1n) is 7.86. The van der Waals surface area contributed by atoms with Gasteiger partial charge in [0.15, 0.2) is 0 Å². The van der Waals surface area contributed by atoms with Gasteiger partial charge < -0.3 is 15.5 Å². The van der Waals surface area contributed by atoms with Gasteiger partial charge in [0.2, 0.25) is 0 Å². The van der Waals surface area contributed by atoms with Crippen molar-refractivity contribution < 1.29 is 15.0 Å². The number of amides is 1. The second kappa shape index (κ2) is 7.72. The van der Waals surface area contributed by atoms with E-state index in [1.807, 2.05) is 32.0 Å². The van der Waals surface area contributed by atoms with Crippen molar-refractivity contribution in [3.05, 3.63) is 34.9 Å². The third-order valence-electron chi connectivity index (χ3n) is 4.43. The van der Waals surface area contributed by atoms with Crippen molar-refractivity contribution in [1.82, 2.24) is 10.2 Å². The lowest BCUT2D eigenvalue weighted by atomic mass is 10.0. The van der Waals surface area contributed by atoms with Crippen LogP contribution in [0.15, 0.2) is 18.2 Å². The highest BCUT2D eigenvalue weighted by molar-refractivity contribution is 5.95. The first-order valence-corrected chi connectivity index (χ1v) is 7.86. The van der Waals surface area contributed by atoms with Gasteiger partial charge in [-0.3, -0.25) is 9.69 Å². The van der Waals surface area contributed by atoms with E-state index in [9.17, 15) is 15.0 Å². The smallest absolute Gasteiger partial charge is 0.251 e. The van der Waals surface area contributed by atoms with Crippen molar-refractivity contribution in [2.24, 2.45) is 5.92 Å². The van der Waals surface area contributed by atoms with Crippen molar-refractivity contribution in [1.29, 1.82) is 0 Å². The maximum atomic E-state index is 12.3. The zero-order valence-corrected chi connectivity index (χ0v) is 13.4. The molecule has 22 heavy (non-hydrogen) atoms. The molecular weight excluding hydrogens is 280 g/mol. The first kappa shape index (κ1) is 16.9. The molecule has 5 nitrogen and oxygen atoms in total. The Morgan fingerprint density at radius 1 is 1.36 bits per heavy atom. The molecule has 1 unspecified atom stereocenters. The third-order valence-corrected chi connectivity index (χ3v) is 4.43. The highest BCUT2D eigenvalue weighted by Crippen LogP contribution is 2.18. The van der Waals surface area contributed by atoms with Crippen LogP contribution in [0.1, 0.15) is 27.9 Å². The average molecular weight is 306 g/mol. The minimum atomic E-state index is -0.181. The SMILES string of the molecule is Cc1ccc(C(=O)NCC2CCN(C(CO)CO)C2)c(C)c1. The maximum absolute atomic E-state index is 12.3. The molecule has 0 aromatic heterocycles. The lowest BCUT2D eigenvalue weighted by molar-refractivity contribution is 0.0865. The van der Waals surface area contributed by atoms with Gasteiger partial charge in [-0.2, -0.15) is 0 Å². The van der Waals surface area contributed by atoms with Crippen LogP contribution in [0, 0.1) is 19.8 Å². The van der Waals surface area contributed by atoms with Crippen LogP contribution in [0.5, 0.6) is 0 Å². The Labute approximate surface area is 131 Å². The van der Waals surface area contributed by atoms with E-state index < -0.39 is 0 Å². The van der Waals surface area contributed by atoms with Crippen molar-refractivity contribution in [2.45, 2.75) is 26.3 Å². The summed E-state index contributed by atoms with van der Waals surface area (Å²) in [6.45, 7) is 6.20. The number of likely N-dealkylation sites (tertiary alicyclic amines) is 1. The largest absolute Gasteiger partial charge is 0.395 e. The van der Waals surface area contributed by atoms with Gasteiger partial charge in [0, 0.05) is 18.7 Å². The van der Waals surface area contributed by atoms with E-state index in [2.05, 4.69) is 10.2 Å². The molecule has 0 saturated carbocycles. The fourth-order valence-electron chi connectivity index (χ4n) is 3.05. The van der Waals surface area contributed by atoms with Crippen LogP contribution >= 0.6 is 0 Å². The first-order chi connectivity index (χ1) is 10.5. The standard InChI is InChI=1S/C17H26N2O3/c1-12-3-4-16(13(2)7-12)17(22)18-8-14-5-6-19(9-14)15(10-20)11-21/h3-4,7,14-15,20-21H,5-6,8-11H2,1-2H3,(H,18,22). The molecule has 2 rings (SSSR count). The summed E-state index contributed by atoms with van der Waals surface area (Å²) in [5.41, 5.74) is 2.87. The topological polar surface area (TPSA) is 72.8 Å². The molecule has 1 aliphatic heterocycles. The monoisotopic (exact) mass is 306 g/mol. The molecule has 1 fully saturated rings. The number of nitrogens with zero attached hydrogens (tertiary/aromatic N) is 1. The van der Waals surface area contributed by atoms with E-state index in [0.717, 1.165) is 36.2 Å². The molecule has 1 amide bonds.